The molecule has 3 rings (SSSR count). The van der Waals surface area contributed by atoms with Crippen molar-refractivity contribution in [2.24, 2.45) is 0 Å². The van der Waals surface area contributed by atoms with Crippen LogP contribution in [0.15, 0.2) is 50.2 Å². The fraction of sp³-hybridized carbons (Fsp3) is 0.158. The Bertz CT molecular complexity index is 904. The minimum absolute atomic E-state index is 0.266. The summed E-state index contributed by atoms with van der Waals surface area (Å²) in [6, 6.07) is 11.9. The monoisotopic (exact) mass is 495 g/mol. The molecule has 1 aliphatic rings. The number of rotatable bonds is 4. The Balaban J connectivity index is 1.80. The lowest BCUT2D eigenvalue weighted by Gasteiger charge is -2.12. The number of likely N-dealkylation sites (N-methyl/N-ethyl adjacent to an activating group) is 1. The number of aryl methyl sites for hydroxylation is 1. The Hall–Kier alpha value is -1.57. The molecular formula is C19H15Br2NO3S. The van der Waals surface area contributed by atoms with Crippen LogP contribution in [-0.2, 0) is 11.4 Å². The first-order chi connectivity index (χ1) is 12.3. The van der Waals surface area contributed by atoms with Gasteiger partial charge in [-0.3, -0.25) is 14.5 Å². The predicted molar refractivity (Wildman–Crippen MR) is 111 cm³/mol. The molecule has 134 valence electrons. The highest BCUT2D eigenvalue weighted by atomic mass is 79.9. The highest BCUT2D eigenvalue weighted by Crippen LogP contribution is 2.37. The minimum atomic E-state index is -0.285. The number of ether oxygens (including phenoxy) is 1. The molecule has 1 aliphatic heterocycles. The number of hydrogen-bond acceptors (Lipinski definition) is 4. The maximum absolute atomic E-state index is 12.0. The molecule has 0 radical (unpaired) electrons. The fourth-order valence-corrected chi connectivity index (χ4v) is 4.73. The van der Waals surface area contributed by atoms with Gasteiger partial charge in [0.25, 0.3) is 11.1 Å². The number of nitrogens with zero attached hydrogens (tertiary/aromatic N) is 1. The minimum Gasteiger partial charge on any atom is -0.487 e. The van der Waals surface area contributed by atoms with Gasteiger partial charge in [-0.2, -0.15) is 0 Å². The molecule has 1 saturated heterocycles. The highest BCUT2D eigenvalue weighted by molar-refractivity contribution is 9.11. The van der Waals surface area contributed by atoms with Crippen LogP contribution in [0.1, 0.15) is 16.7 Å². The first-order valence-electron chi connectivity index (χ1n) is 7.74. The Morgan fingerprint density at radius 2 is 1.85 bits per heavy atom. The lowest BCUT2D eigenvalue weighted by Crippen LogP contribution is -2.22. The van der Waals surface area contributed by atoms with E-state index in [0.717, 1.165) is 36.7 Å². The van der Waals surface area contributed by atoms with E-state index in [2.05, 4.69) is 37.9 Å². The van der Waals surface area contributed by atoms with Crippen LogP contribution in [-0.4, -0.2) is 23.1 Å². The quantitative estimate of drug-likeness (QED) is 0.504. The van der Waals surface area contributed by atoms with Gasteiger partial charge in [-0.15, -0.1) is 0 Å². The summed E-state index contributed by atoms with van der Waals surface area (Å²) in [4.78, 5) is 25.1. The molecule has 1 fully saturated rings. The Morgan fingerprint density at radius 1 is 1.15 bits per heavy atom. The molecule has 1 heterocycles. The summed E-state index contributed by atoms with van der Waals surface area (Å²) in [5, 5.41) is -0.266. The molecule has 2 amide bonds. The average Bonchev–Trinajstić information content (AvgIpc) is 2.81. The van der Waals surface area contributed by atoms with E-state index in [9.17, 15) is 9.59 Å². The molecule has 0 bridgehead atoms. The normalized spacial score (nSPS) is 15.8. The maximum Gasteiger partial charge on any atom is 0.293 e. The third-order valence-corrected chi connectivity index (χ3v) is 5.91. The molecule has 0 spiro atoms. The third kappa shape index (κ3) is 4.22. The van der Waals surface area contributed by atoms with Crippen LogP contribution >= 0.6 is 43.6 Å². The predicted octanol–water partition coefficient (Wildman–Crippen LogP) is 5.77. The zero-order chi connectivity index (χ0) is 18.8. The van der Waals surface area contributed by atoms with Crippen molar-refractivity contribution in [1.82, 2.24) is 4.90 Å². The van der Waals surface area contributed by atoms with Crippen LogP contribution < -0.4 is 4.74 Å². The second-order valence-electron chi connectivity index (χ2n) is 5.83. The number of halogens is 2. The lowest BCUT2D eigenvalue weighted by molar-refractivity contribution is -0.121. The van der Waals surface area contributed by atoms with Crippen LogP contribution in [0.2, 0.25) is 0 Å². The van der Waals surface area contributed by atoms with Crippen LogP contribution in [0, 0.1) is 6.92 Å². The Labute approximate surface area is 172 Å². The summed E-state index contributed by atoms with van der Waals surface area (Å²) in [6.07, 6.45) is 1.70. The zero-order valence-electron chi connectivity index (χ0n) is 14.1. The van der Waals surface area contributed by atoms with E-state index in [0.29, 0.717) is 17.3 Å². The molecule has 0 aliphatic carbocycles. The Kier molecular flexibility index (Phi) is 5.89. The van der Waals surface area contributed by atoms with Gasteiger partial charge in [0.05, 0.1) is 13.9 Å². The van der Waals surface area contributed by atoms with Gasteiger partial charge in [0.1, 0.15) is 12.4 Å². The van der Waals surface area contributed by atoms with E-state index in [1.54, 1.807) is 6.08 Å². The lowest BCUT2D eigenvalue weighted by atomic mass is 10.1. The van der Waals surface area contributed by atoms with Crippen molar-refractivity contribution in [1.29, 1.82) is 0 Å². The SMILES string of the molecule is Cc1cccc(COc2c(Br)cc(/C=C3\SC(=O)N(C)C3=O)cc2Br)c1. The number of hydrogen-bond donors (Lipinski definition) is 0. The summed E-state index contributed by atoms with van der Waals surface area (Å²) in [6.45, 7) is 2.50. The molecule has 4 nitrogen and oxygen atoms in total. The van der Waals surface area contributed by atoms with Crippen LogP contribution in [0.25, 0.3) is 6.08 Å². The fourth-order valence-electron chi connectivity index (χ4n) is 2.46. The second kappa shape index (κ2) is 7.98. The van der Waals surface area contributed by atoms with Gasteiger partial charge in [0.2, 0.25) is 0 Å². The van der Waals surface area contributed by atoms with E-state index in [-0.39, 0.29) is 11.1 Å². The molecule has 0 saturated carbocycles. The number of carbonyl (C=O) groups is 2. The first-order valence-corrected chi connectivity index (χ1v) is 10.1. The third-order valence-electron chi connectivity index (χ3n) is 3.77. The van der Waals surface area contributed by atoms with E-state index in [1.807, 2.05) is 37.3 Å². The summed E-state index contributed by atoms with van der Waals surface area (Å²) in [5.74, 6) is 0.402. The smallest absolute Gasteiger partial charge is 0.293 e. The molecule has 2 aromatic rings. The van der Waals surface area contributed by atoms with Crippen molar-refractivity contribution in [3.05, 3.63) is 66.9 Å². The molecule has 26 heavy (non-hydrogen) atoms. The van der Waals surface area contributed by atoms with E-state index in [4.69, 9.17) is 4.74 Å². The maximum atomic E-state index is 12.0. The second-order valence-corrected chi connectivity index (χ2v) is 8.53. The average molecular weight is 497 g/mol. The molecular weight excluding hydrogens is 482 g/mol. The Morgan fingerprint density at radius 3 is 2.42 bits per heavy atom. The van der Waals surface area contributed by atoms with Gasteiger partial charge in [-0.25, -0.2) is 0 Å². The molecule has 0 unspecified atom stereocenters. The number of amides is 2. The zero-order valence-corrected chi connectivity index (χ0v) is 18.1. The van der Waals surface area contributed by atoms with Gasteiger partial charge in [0, 0.05) is 7.05 Å². The summed E-state index contributed by atoms with van der Waals surface area (Å²) in [7, 11) is 1.48. The van der Waals surface area contributed by atoms with Crippen molar-refractivity contribution in [2.45, 2.75) is 13.5 Å². The standard InChI is InChI=1S/C19H15Br2NO3S/c1-11-4-3-5-12(6-11)10-25-17-14(20)7-13(8-15(17)21)9-16-18(23)22(2)19(24)26-16/h3-9H,10H2,1-2H3/b16-9-. The number of imide groups is 1. The van der Waals surface area contributed by atoms with Crippen molar-refractivity contribution >= 4 is 60.8 Å². The van der Waals surface area contributed by atoms with Crippen molar-refractivity contribution < 1.29 is 14.3 Å². The van der Waals surface area contributed by atoms with E-state index in [1.165, 1.54) is 12.6 Å². The first kappa shape index (κ1) is 19.2. The van der Waals surface area contributed by atoms with Gasteiger partial charge < -0.3 is 4.74 Å². The van der Waals surface area contributed by atoms with E-state index >= 15 is 0 Å². The topological polar surface area (TPSA) is 46.6 Å². The van der Waals surface area contributed by atoms with Gasteiger partial charge in [-0.05, 0) is 79.9 Å². The van der Waals surface area contributed by atoms with Gasteiger partial charge >= 0.3 is 0 Å². The highest BCUT2D eigenvalue weighted by Gasteiger charge is 2.31. The molecule has 2 aromatic carbocycles. The summed E-state index contributed by atoms with van der Waals surface area (Å²) in [5.41, 5.74) is 3.07. The number of benzene rings is 2. The van der Waals surface area contributed by atoms with Gasteiger partial charge in [-0.1, -0.05) is 29.8 Å². The van der Waals surface area contributed by atoms with Crippen molar-refractivity contribution in [2.75, 3.05) is 7.05 Å². The van der Waals surface area contributed by atoms with E-state index < -0.39 is 0 Å². The van der Waals surface area contributed by atoms with Crippen LogP contribution in [0.5, 0.6) is 5.75 Å². The number of carbonyl (C=O) groups excluding carboxylic acids is 2. The van der Waals surface area contributed by atoms with Crippen LogP contribution in [0.4, 0.5) is 4.79 Å². The van der Waals surface area contributed by atoms with Gasteiger partial charge in [0.15, 0.2) is 0 Å². The molecule has 0 N–H and O–H groups in total. The summed E-state index contributed by atoms with van der Waals surface area (Å²) < 4.78 is 7.47. The van der Waals surface area contributed by atoms with Crippen LogP contribution in [0.3, 0.4) is 0 Å². The molecule has 0 atom stereocenters. The molecule has 7 heteroatoms. The number of thioether (sulfide) groups is 1. The molecule has 0 aromatic heterocycles. The largest absolute Gasteiger partial charge is 0.487 e. The summed E-state index contributed by atoms with van der Waals surface area (Å²) >= 11 is 7.98. The van der Waals surface area contributed by atoms with Crippen molar-refractivity contribution in [3.8, 4) is 5.75 Å². The van der Waals surface area contributed by atoms with Crippen molar-refractivity contribution in [3.63, 3.8) is 0 Å².